The molecule has 2 N–H and O–H groups in total. The zero-order valence-electron chi connectivity index (χ0n) is 22.2. The standard InChI is InChI=1S/C32H28N6S2/c1-37(31(39)35-27-17-13-23(21-33)14-18-27)29(25-9-5-3-6-10-25)30(26-11-7-4-8-12-26)38(2)32(40)36-28-19-15-24(22-34)16-20-28/h3-20,29-30H,1-2H3,(H,35,39)(H,36,40)/t29-,30-/m1/s1. The molecule has 0 aliphatic heterocycles. The number of hydrogen-bond donors (Lipinski definition) is 2. The molecule has 0 aromatic heterocycles. The lowest BCUT2D eigenvalue weighted by atomic mass is 9.91. The van der Waals surface area contributed by atoms with Crippen LogP contribution in [-0.4, -0.2) is 34.1 Å². The Hall–Kier alpha value is -4.76. The Morgan fingerprint density at radius 1 is 0.575 bits per heavy atom. The molecule has 6 nitrogen and oxygen atoms in total. The van der Waals surface area contributed by atoms with Gasteiger partial charge in [0.1, 0.15) is 0 Å². The summed E-state index contributed by atoms with van der Waals surface area (Å²) in [7, 11) is 3.94. The molecule has 0 saturated carbocycles. The van der Waals surface area contributed by atoms with E-state index in [4.69, 9.17) is 35.0 Å². The fraction of sp³-hybridized carbons (Fsp3) is 0.125. The number of nitrogens with one attached hydrogen (secondary N) is 2. The minimum absolute atomic E-state index is 0.229. The summed E-state index contributed by atoms with van der Waals surface area (Å²) in [6.45, 7) is 0. The van der Waals surface area contributed by atoms with Crippen LogP contribution in [0.4, 0.5) is 11.4 Å². The van der Waals surface area contributed by atoms with Crippen molar-refractivity contribution in [2.24, 2.45) is 0 Å². The Bertz CT molecular complexity index is 1410. The largest absolute Gasteiger partial charge is 0.343 e. The van der Waals surface area contributed by atoms with Gasteiger partial charge in [0.2, 0.25) is 0 Å². The van der Waals surface area contributed by atoms with Crippen molar-refractivity contribution in [2.45, 2.75) is 12.1 Å². The van der Waals surface area contributed by atoms with Crippen LogP contribution in [0, 0.1) is 22.7 Å². The summed E-state index contributed by atoms with van der Waals surface area (Å²) in [5.41, 5.74) is 4.89. The first-order valence-electron chi connectivity index (χ1n) is 12.6. The number of thiocarbonyl (C=S) groups is 2. The third-order valence-electron chi connectivity index (χ3n) is 6.59. The Kier molecular flexibility index (Phi) is 9.43. The van der Waals surface area contributed by atoms with E-state index in [2.05, 4.69) is 47.0 Å². The van der Waals surface area contributed by atoms with Crippen LogP contribution in [0.3, 0.4) is 0 Å². The summed E-state index contributed by atoms with van der Waals surface area (Å²) >= 11 is 11.8. The van der Waals surface area contributed by atoms with E-state index in [0.717, 1.165) is 22.5 Å². The summed E-state index contributed by atoms with van der Waals surface area (Å²) in [6.07, 6.45) is 0. The van der Waals surface area contributed by atoms with E-state index in [1.54, 1.807) is 24.3 Å². The number of benzene rings is 4. The minimum atomic E-state index is -0.229. The van der Waals surface area contributed by atoms with Crippen molar-refractivity contribution < 1.29 is 0 Å². The van der Waals surface area contributed by atoms with Crippen molar-refractivity contribution in [1.82, 2.24) is 9.80 Å². The topological polar surface area (TPSA) is 78.1 Å². The molecule has 0 amide bonds. The molecule has 4 aromatic carbocycles. The quantitative estimate of drug-likeness (QED) is 0.237. The number of likely N-dealkylation sites (N-methyl/N-ethyl adjacent to an activating group) is 2. The van der Waals surface area contributed by atoms with Crippen LogP contribution in [0.15, 0.2) is 109 Å². The average molecular weight is 561 g/mol. The highest BCUT2D eigenvalue weighted by atomic mass is 32.1. The summed E-state index contributed by atoms with van der Waals surface area (Å²) in [5, 5.41) is 26.0. The third kappa shape index (κ3) is 6.81. The summed E-state index contributed by atoms with van der Waals surface area (Å²) < 4.78 is 0. The second-order valence-corrected chi connectivity index (χ2v) is 9.94. The first-order valence-corrected chi connectivity index (χ1v) is 13.4. The lowest BCUT2D eigenvalue weighted by molar-refractivity contribution is 0.221. The molecule has 4 aromatic rings. The smallest absolute Gasteiger partial charge is 0.173 e. The molecule has 0 aliphatic carbocycles. The molecular weight excluding hydrogens is 533 g/mol. The molecule has 0 aliphatic rings. The second kappa shape index (κ2) is 13.3. The predicted molar refractivity (Wildman–Crippen MR) is 169 cm³/mol. The SMILES string of the molecule is CN(C(=S)Nc1ccc(C#N)cc1)[C@H](c1ccccc1)[C@@H](c1ccccc1)N(C)C(=S)Nc1ccc(C#N)cc1. The van der Waals surface area contributed by atoms with E-state index in [-0.39, 0.29) is 12.1 Å². The van der Waals surface area contributed by atoms with Gasteiger partial charge in [-0.2, -0.15) is 10.5 Å². The molecule has 40 heavy (non-hydrogen) atoms. The van der Waals surface area contributed by atoms with E-state index < -0.39 is 0 Å². The van der Waals surface area contributed by atoms with Crippen LogP contribution in [0.25, 0.3) is 0 Å². The van der Waals surface area contributed by atoms with Crippen molar-refractivity contribution in [3.05, 3.63) is 131 Å². The van der Waals surface area contributed by atoms with Gasteiger partial charge >= 0.3 is 0 Å². The Morgan fingerprint density at radius 2 is 0.900 bits per heavy atom. The highest BCUT2D eigenvalue weighted by molar-refractivity contribution is 7.80. The van der Waals surface area contributed by atoms with Gasteiger partial charge in [0, 0.05) is 25.5 Å². The van der Waals surface area contributed by atoms with Crippen molar-refractivity contribution >= 4 is 46.0 Å². The molecule has 0 spiro atoms. The van der Waals surface area contributed by atoms with E-state index in [1.807, 2.05) is 84.6 Å². The van der Waals surface area contributed by atoms with Gasteiger partial charge in [0.15, 0.2) is 10.2 Å². The molecular formula is C32H28N6S2. The predicted octanol–water partition coefficient (Wildman–Crippen LogP) is 6.87. The zero-order valence-corrected chi connectivity index (χ0v) is 23.8. The molecule has 0 fully saturated rings. The van der Waals surface area contributed by atoms with Crippen LogP contribution >= 0.6 is 24.4 Å². The number of nitrogens with zero attached hydrogens (tertiary/aromatic N) is 4. The van der Waals surface area contributed by atoms with E-state index >= 15 is 0 Å². The first-order chi connectivity index (χ1) is 19.4. The Morgan fingerprint density at radius 3 is 1.20 bits per heavy atom. The molecule has 0 radical (unpaired) electrons. The summed E-state index contributed by atoms with van der Waals surface area (Å²) in [4.78, 5) is 4.09. The monoisotopic (exact) mass is 560 g/mol. The summed E-state index contributed by atoms with van der Waals surface area (Å²) in [5.74, 6) is 0. The lowest BCUT2D eigenvalue weighted by Gasteiger charge is -2.42. The van der Waals surface area contributed by atoms with Crippen LogP contribution in [0.2, 0.25) is 0 Å². The normalized spacial score (nSPS) is 11.7. The molecule has 0 heterocycles. The van der Waals surface area contributed by atoms with Gasteiger partial charge in [0.25, 0.3) is 0 Å². The number of nitriles is 2. The van der Waals surface area contributed by atoms with Gasteiger partial charge < -0.3 is 20.4 Å². The van der Waals surface area contributed by atoms with Crippen molar-refractivity contribution in [3.8, 4) is 12.1 Å². The molecule has 8 heteroatoms. The highest BCUT2D eigenvalue weighted by Crippen LogP contribution is 2.38. The number of rotatable bonds is 7. The third-order valence-corrected chi connectivity index (χ3v) is 7.37. The average Bonchev–Trinajstić information content (AvgIpc) is 3.00. The minimum Gasteiger partial charge on any atom is -0.343 e. The van der Waals surface area contributed by atoms with Crippen molar-refractivity contribution in [2.75, 3.05) is 24.7 Å². The second-order valence-electron chi connectivity index (χ2n) is 9.17. The maximum atomic E-state index is 9.14. The van der Waals surface area contributed by atoms with Gasteiger partial charge in [-0.15, -0.1) is 0 Å². The Balaban J connectivity index is 1.70. The maximum absolute atomic E-state index is 9.14. The first kappa shape index (κ1) is 28.3. The van der Waals surface area contributed by atoms with E-state index in [0.29, 0.717) is 21.4 Å². The van der Waals surface area contributed by atoms with Crippen LogP contribution in [0.5, 0.6) is 0 Å². The number of hydrogen-bond acceptors (Lipinski definition) is 4. The van der Waals surface area contributed by atoms with Gasteiger partial charge in [-0.25, -0.2) is 0 Å². The molecule has 198 valence electrons. The van der Waals surface area contributed by atoms with E-state index in [1.165, 1.54) is 0 Å². The molecule has 0 saturated heterocycles. The lowest BCUT2D eigenvalue weighted by Crippen LogP contribution is -2.45. The molecule has 0 bridgehead atoms. The van der Waals surface area contributed by atoms with E-state index in [9.17, 15) is 0 Å². The van der Waals surface area contributed by atoms with Gasteiger partial charge in [0.05, 0.1) is 35.3 Å². The molecule has 2 atom stereocenters. The van der Waals surface area contributed by atoms with Gasteiger partial charge in [-0.3, -0.25) is 0 Å². The summed E-state index contributed by atoms with van der Waals surface area (Å²) in [6, 6.07) is 38.6. The van der Waals surface area contributed by atoms with Crippen LogP contribution < -0.4 is 10.6 Å². The van der Waals surface area contributed by atoms with Crippen LogP contribution in [-0.2, 0) is 0 Å². The van der Waals surface area contributed by atoms with Crippen molar-refractivity contribution in [1.29, 1.82) is 10.5 Å². The van der Waals surface area contributed by atoms with Crippen LogP contribution in [0.1, 0.15) is 34.3 Å². The molecule has 4 rings (SSSR count). The fourth-order valence-corrected chi connectivity index (χ4v) is 4.93. The van der Waals surface area contributed by atoms with Gasteiger partial charge in [-0.1, -0.05) is 60.7 Å². The number of anilines is 2. The maximum Gasteiger partial charge on any atom is 0.173 e. The highest BCUT2D eigenvalue weighted by Gasteiger charge is 2.34. The van der Waals surface area contributed by atoms with Crippen molar-refractivity contribution in [3.63, 3.8) is 0 Å². The zero-order chi connectivity index (χ0) is 28.5. The fourth-order valence-electron chi connectivity index (χ4n) is 4.47. The Labute approximate surface area is 246 Å². The van der Waals surface area contributed by atoms with Gasteiger partial charge in [-0.05, 0) is 84.1 Å². The molecule has 0 unspecified atom stereocenters.